The van der Waals surface area contributed by atoms with E-state index in [4.69, 9.17) is 32.7 Å². The molecule has 0 aliphatic carbocycles. The van der Waals surface area contributed by atoms with Crippen molar-refractivity contribution in [2.75, 3.05) is 13.2 Å². The molecule has 1 atom stereocenters. The number of hydrogen-bond acceptors (Lipinski definition) is 5. The number of halogens is 2. The third kappa shape index (κ3) is 6.24. The van der Waals surface area contributed by atoms with E-state index in [0.717, 1.165) is 11.3 Å². The summed E-state index contributed by atoms with van der Waals surface area (Å²) < 4.78 is 12.4. The molecule has 3 rings (SSSR count). The first kappa shape index (κ1) is 23.6. The lowest BCUT2D eigenvalue weighted by Crippen LogP contribution is -2.38. The van der Waals surface area contributed by atoms with Crippen LogP contribution in [-0.2, 0) is 11.3 Å². The zero-order valence-corrected chi connectivity index (χ0v) is 19.2. The standard InChI is InChI=1S/C23H23Cl2N3O4/c1-3-31-18-7-4-16(5-8-18)20-13-22(29)28(14-27-20)11-10-26-23(30)15(2)32-21-9-6-17(24)12-19(21)25/h4-9,12-15H,3,10-11H2,1-2H3,(H,26,30). The second-order valence-electron chi connectivity index (χ2n) is 6.89. The molecule has 1 heterocycles. The Labute approximate surface area is 195 Å². The lowest BCUT2D eigenvalue weighted by molar-refractivity contribution is -0.127. The van der Waals surface area contributed by atoms with E-state index >= 15 is 0 Å². The highest BCUT2D eigenvalue weighted by molar-refractivity contribution is 6.35. The summed E-state index contributed by atoms with van der Waals surface area (Å²) in [4.78, 5) is 29.1. The fourth-order valence-corrected chi connectivity index (χ4v) is 3.35. The Hall–Kier alpha value is -3.03. The summed E-state index contributed by atoms with van der Waals surface area (Å²) in [5, 5.41) is 3.54. The van der Waals surface area contributed by atoms with E-state index < -0.39 is 6.10 Å². The smallest absolute Gasteiger partial charge is 0.260 e. The first-order valence-corrected chi connectivity index (χ1v) is 10.8. The SMILES string of the molecule is CCOc1ccc(-c2cc(=O)n(CCNC(=O)C(C)Oc3ccc(Cl)cc3Cl)cn2)cc1. The number of benzene rings is 2. The molecule has 0 bridgehead atoms. The van der Waals surface area contributed by atoms with Crippen LogP contribution in [0.4, 0.5) is 0 Å². The molecule has 1 unspecified atom stereocenters. The Morgan fingerprint density at radius 2 is 1.91 bits per heavy atom. The molecule has 1 amide bonds. The molecule has 0 saturated heterocycles. The summed E-state index contributed by atoms with van der Waals surface area (Å²) in [7, 11) is 0. The summed E-state index contributed by atoms with van der Waals surface area (Å²) in [6.45, 7) is 4.63. The maximum absolute atomic E-state index is 12.4. The Kier molecular flexibility index (Phi) is 8.14. The average Bonchev–Trinajstić information content (AvgIpc) is 2.77. The Balaban J connectivity index is 1.54. The van der Waals surface area contributed by atoms with Gasteiger partial charge in [-0.15, -0.1) is 0 Å². The fraction of sp³-hybridized carbons (Fsp3) is 0.261. The molecule has 32 heavy (non-hydrogen) atoms. The minimum atomic E-state index is -0.773. The van der Waals surface area contributed by atoms with Crippen LogP contribution in [0.15, 0.2) is 59.7 Å². The van der Waals surface area contributed by atoms with Gasteiger partial charge in [0.05, 0.1) is 23.7 Å². The maximum atomic E-state index is 12.4. The van der Waals surface area contributed by atoms with Crippen molar-refractivity contribution in [2.24, 2.45) is 0 Å². The van der Waals surface area contributed by atoms with Gasteiger partial charge < -0.3 is 14.8 Å². The summed E-state index contributed by atoms with van der Waals surface area (Å²) in [5.74, 6) is 0.795. The van der Waals surface area contributed by atoms with Crippen LogP contribution in [0.1, 0.15) is 13.8 Å². The number of amides is 1. The fourth-order valence-electron chi connectivity index (χ4n) is 2.90. The van der Waals surface area contributed by atoms with Crippen LogP contribution >= 0.6 is 23.2 Å². The van der Waals surface area contributed by atoms with Gasteiger partial charge in [-0.1, -0.05) is 23.2 Å². The van der Waals surface area contributed by atoms with Crippen molar-refractivity contribution in [3.63, 3.8) is 0 Å². The molecule has 9 heteroatoms. The molecule has 0 fully saturated rings. The maximum Gasteiger partial charge on any atom is 0.260 e. The van der Waals surface area contributed by atoms with Crippen LogP contribution in [0, 0.1) is 0 Å². The van der Waals surface area contributed by atoms with Gasteiger partial charge in [-0.3, -0.25) is 14.2 Å². The first-order valence-electron chi connectivity index (χ1n) is 10.1. The highest BCUT2D eigenvalue weighted by Crippen LogP contribution is 2.28. The van der Waals surface area contributed by atoms with E-state index in [1.165, 1.54) is 17.0 Å². The third-order valence-electron chi connectivity index (χ3n) is 4.56. The lowest BCUT2D eigenvalue weighted by Gasteiger charge is -2.16. The van der Waals surface area contributed by atoms with Crippen molar-refractivity contribution in [1.82, 2.24) is 14.9 Å². The predicted octanol–water partition coefficient (Wildman–Crippen LogP) is 4.20. The molecule has 0 aliphatic rings. The van der Waals surface area contributed by atoms with Gasteiger partial charge in [-0.2, -0.15) is 0 Å². The van der Waals surface area contributed by atoms with Crippen LogP contribution in [0.25, 0.3) is 11.3 Å². The number of nitrogens with zero attached hydrogens (tertiary/aromatic N) is 2. The summed E-state index contributed by atoms with van der Waals surface area (Å²) in [6, 6.07) is 13.6. The van der Waals surface area contributed by atoms with Crippen molar-refractivity contribution in [1.29, 1.82) is 0 Å². The molecule has 1 N–H and O–H groups in total. The molecule has 168 valence electrons. The van der Waals surface area contributed by atoms with Gasteiger partial charge in [0.1, 0.15) is 11.5 Å². The molecule has 0 aliphatic heterocycles. The normalized spacial score (nSPS) is 11.6. The quantitative estimate of drug-likeness (QED) is 0.501. The number of hydrogen-bond donors (Lipinski definition) is 1. The molecule has 0 saturated carbocycles. The van der Waals surface area contributed by atoms with E-state index in [9.17, 15) is 9.59 Å². The van der Waals surface area contributed by atoms with Crippen molar-refractivity contribution in [3.05, 3.63) is 75.3 Å². The number of ether oxygens (including phenoxy) is 2. The first-order chi connectivity index (χ1) is 15.4. The van der Waals surface area contributed by atoms with Crippen LogP contribution in [0.2, 0.25) is 10.0 Å². The molecule has 3 aromatic rings. The van der Waals surface area contributed by atoms with Gasteiger partial charge >= 0.3 is 0 Å². The molecule has 0 radical (unpaired) electrons. The van der Waals surface area contributed by atoms with Crippen LogP contribution in [-0.4, -0.2) is 34.7 Å². The van der Waals surface area contributed by atoms with E-state index in [2.05, 4.69) is 10.3 Å². The van der Waals surface area contributed by atoms with Crippen LogP contribution in [0.5, 0.6) is 11.5 Å². The summed E-state index contributed by atoms with van der Waals surface area (Å²) in [6.07, 6.45) is 0.693. The third-order valence-corrected chi connectivity index (χ3v) is 5.09. The molecule has 0 spiro atoms. The molecule has 2 aromatic carbocycles. The molecular weight excluding hydrogens is 453 g/mol. The van der Waals surface area contributed by atoms with Crippen LogP contribution < -0.4 is 20.3 Å². The predicted molar refractivity (Wildman–Crippen MR) is 125 cm³/mol. The number of nitrogens with one attached hydrogen (secondary N) is 1. The minimum absolute atomic E-state index is 0.213. The topological polar surface area (TPSA) is 82.5 Å². The number of carbonyl (C=O) groups is 1. The highest BCUT2D eigenvalue weighted by Gasteiger charge is 2.16. The molecule has 1 aromatic heterocycles. The van der Waals surface area contributed by atoms with Gasteiger partial charge in [0, 0.05) is 29.7 Å². The van der Waals surface area contributed by atoms with E-state index in [1.54, 1.807) is 25.1 Å². The second kappa shape index (κ2) is 11.0. The minimum Gasteiger partial charge on any atom is -0.494 e. The largest absolute Gasteiger partial charge is 0.494 e. The molecular formula is C23H23Cl2N3O4. The van der Waals surface area contributed by atoms with Gasteiger partial charge in [-0.25, -0.2) is 4.98 Å². The zero-order chi connectivity index (χ0) is 23.1. The zero-order valence-electron chi connectivity index (χ0n) is 17.7. The van der Waals surface area contributed by atoms with E-state index in [-0.39, 0.29) is 24.6 Å². The van der Waals surface area contributed by atoms with E-state index in [1.807, 2.05) is 31.2 Å². The Morgan fingerprint density at radius 3 is 2.56 bits per heavy atom. The average molecular weight is 476 g/mol. The number of aromatic nitrogens is 2. The number of rotatable bonds is 9. The molecule has 7 nitrogen and oxygen atoms in total. The van der Waals surface area contributed by atoms with Crippen LogP contribution in [0.3, 0.4) is 0 Å². The summed E-state index contributed by atoms with van der Waals surface area (Å²) in [5.41, 5.74) is 1.17. The van der Waals surface area contributed by atoms with Crippen molar-refractivity contribution in [2.45, 2.75) is 26.5 Å². The number of carbonyl (C=O) groups excluding carboxylic acids is 1. The van der Waals surface area contributed by atoms with E-state index in [0.29, 0.717) is 28.1 Å². The van der Waals surface area contributed by atoms with Crippen molar-refractivity contribution < 1.29 is 14.3 Å². The van der Waals surface area contributed by atoms with Crippen molar-refractivity contribution in [3.8, 4) is 22.8 Å². The second-order valence-corrected chi connectivity index (χ2v) is 7.73. The lowest BCUT2D eigenvalue weighted by atomic mass is 10.1. The van der Waals surface area contributed by atoms with Crippen molar-refractivity contribution >= 4 is 29.1 Å². The highest BCUT2D eigenvalue weighted by atomic mass is 35.5. The van der Waals surface area contributed by atoms with Gasteiger partial charge in [-0.05, 0) is 56.3 Å². The van der Waals surface area contributed by atoms with Gasteiger partial charge in [0.2, 0.25) is 0 Å². The monoisotopic (exact) mass is 475 g/mol. The van der Waals surface area contributed by atoms with Gasteiger partial charge in [0.25, 0.3) is 11.5 Å². The Bertz CT molecular complexity index is 1130. The summed E-state index contributed by atoms with van der Waals surface area (Å²) >= 11 is 11.9. The Morgan fingerprint density at radius 1 is 1.16 bits per heavy atom. The van der Waals surface area contributed by atoms with Gasteiger partial charge in [0.15, 0.2) is 6.10 Å².